The van der Waals surface area contributed by atoms with Crippen LogP contribution < -0.4 is 15.4 Å². The predicted molar refractivity (Wildman–Crippen MR) is 92.5 cm³/mol. The molecule has 2 atom stereocenters. The number of amides is 2. The van der Waals surface area contributed by atoms with Gasteiger partial charge in [0.1, 0.15) is 5.75 Å². The first-order valence-corrected chi connectivity index (χ1v) is 8.27. The Morgan fingerprint density at radius 3 is 3.04 bits per heavy atom. The number of urea groups is 1. The SMILES string of the molecule is C[C@@H](NC(=O)NCc1nnc2ccccn12)[C@@H]1COc2ccccc21. The van der Waals surface area contributed by atoms with Crippen molar-refractivity contribution >= 4 is 11.7 Å². The Hall–Kier alpha value is -3.09. The number of hydrogen-bond acceptors (Lipinski definition) is 4. The number of pyridine rings is 1. The van der Waals surface area contributed by atoms with Crippen LogP contribution >= 0.6 is 0 Å². The lowest BCUT2D eigenvalue weighted by atomic mass is 9.94. The fraction of sp³-hybridized carbons (Fsp3) is 0.278. The molecule has 0 bridgehead atoms. The van der Waals surface area contributed by atoms with E-state index in [9.17, 15) is 4.79 Å². The van der Waals surface area contributed by atoms with E-state index < -0.39 is 0 Å². The highest BCUT2D eigenvalue weighted by Gasteiger charge is 2.29. The Kier molecular flexibility index (Phi) is 3.97. The van der Waals surface area contributed by atoms with E-state index in [1.54, 1.807) is 0 Å². The van der Waals surface area contributed by atoms with E-state index in [-0.39, 0.29) is 18.0 Å². The van der Waals surface area contributed by atoms with E-state index in [1.807, 2.05) is 60.0 Å². The second kappa shape index (κ2) is 6.43. The molecule has 7 heteroatoms. The van der Waals surface area contributed by atoms with Crippen molar-refractivity contribution < 1.29 is 9.53 Å². The van der Waals surface area contributed by atoms with Crippen LogP contribution in [0, 0.1) is 0 Å². The van der Waals surface area contributed by atoms with E-state index in [4.69, 9.17) is 4.74 Å². The van der Waals surface area contributed by atoms with Gasteiger partial charge in [-0.05, 0) is 25.1 Å². The van der Waals surface area contributed by atoms with Gasteiger partial charge in [-0.3, -0.25) is 4.40 Å². The smallest absolute Gasteiger partial charge is 0.315 e. The van der Waals surface area contributed by atoms with Crippen molar-refractivity contribution in [3.8, 4) is 5.75 Å². The third kappa shape index (κ3) is 3.00. The maximum absolute atomic E-state index is 12.2. The van der Waals surface area contributed by atoms with Crippen LogP contribution in [-0.4, -0.2) is 33.3 Å². The zero-order chi connectivity index (χ0) is 17.2. The number of ether oxygens (including phenoxy) is 1. The highest BCUT2D eigenvalue weighted by molar-refractivity contribution is 5.74. The molecule has 7 nitrogen and oxygen atoms in total. The molecule has 1 aliphatic rings. The summed E-state index contributed by atoms with van der Waals surface area (Å²) in [6.07, 6.45) is 1.87. The summed E-state index contributed by atoms with van der Waals surface area (Å²) in [7, 11) is 0. The van der Waals surface area contributed by atoms with Crippen molar-refractivity contribution in [2.75, 3.05) is 6.61 Å². The maximum Gasteiger partial charge on any atom is 0.315 e. The number of carbonyl (C=O) groups is 1. The summed E-state index contributed by atoms with van der Waals surface area (Å²) < 4.78 is 7.54. The molecule has 25 heavy (non-hydrogen) atoms. The Labute approximate surface area is 145 Å². The van der Waals surface area contributed by atoms with Crippen LogP contribution in [-0.2, 0) is 6.54 Å². The second-order valence-corrected chi connectivity index (χ2v) is 6.12. The molecule has 1 aliphatic heterocycles. The lowest BCUT2D eigenvalue weighted by molar-refractivity contribution is 0.232. The third-order valence-electron chi connectivity index (χ3n) is 4.49. The zero-order valence-corrected chi connectivity index (χ0v) is 13.8. The largest absolute Gasteiger partial charge is 0.493 e. The van der Waals surface area contributed by atoms with E-state index >= 15 is 0 Å². The Morgan fingerprint density at radius 1 is 1.28 bits per heavy atom. The number of aromatic nitrogens is 3. The molecule has 0 spiro atoms. The first kappa shape index (κ1) is 15.4. The van der Waals surface area contributed by atoms with E-state index in [2.05, 4.69) is 20.8 Å². The number of hydrogen-bond donors (Lipinski definition) is 2. The molecule has 3 heterocycles. The molecule has 0 saturated heterocycles. The van der Waals surface area contributed by atoms with Gasteiger partial charge in [0.25, 0.3) is 0 Å². The molecule has 0 unspecified atom stereocenters. The topological polar surface area (TPSA) is 80.5 Å². The molecular formula is C18H19N5O2. The van der Waals surface area contributed by atoms with E-state index in [0.717, 1.165) is 17.0 Å². The fourth-order valence-electron chi connectivity index (χ4n) is 3.13. The minimum atomic E-state index is -0.232. The highest BCUT2D eigenvalue weighted by atomic mass is 16.5. The van der Waals surface area contributed by atoms with Crippen molar-refractivity contribution in [1.29, 1.82) is 0 Å². The molecule has 1 aromatic carbocycles. The van der Waals surface area contributed by atoms with Gasteiger partial charge in [-0.1, -0.05) is 24.3 Å². The van der Waals surface area contributed by atoms with Crippen molar-refractivity contribution in [2.24, 2.45) is 0 Å². The van der Waals surface area contributed by atoms with Crippen LogP contribution in [0.15, 0.2) is 48.7 Å². The predicted octanol–water partition coefficient (Wildman–Crippen LogP) is 2.09. The zero-order valence-electron chi connectivity index (χ0n) is 13.8. The summed E-state index contributed by atoms with van der Waals surface area (Å²) >= 11 is 0. The normalized spacial score (nSPS) is 16.9. The van der Waals surface area contributed by atoms with Crippen LogP contribution in [0.3, 0.4) is 0 Å². The Bertz CT molecular complexity index is 907. The number of nitrogens with one attached hydrogen (secondary N) is 2. The minimum absolute atomic E-state index is 0.0428. The number of nitrogens with zero attached hydrogens (tertiary/aromatic N) is 3. The van der Waals surface area contributed by atoms with Gasteiger partial charge in [0.05, 0.1) is 13.2 Å². The number of para-hydroxylation sites is 1. The summed E-state index contributed by atoms with van der Waals surface area (Å²) in [5, 5.41) is 14.0. The lowest BCUT2D eigenvalue weighted by Gasteiger charge is -2.20. The summed E-state index contributed by atoms with van der Waals surface area (Å²) in [5.41, 5.74) is 1.89. The molecule has 2 N–H and O–H groups in total. The molecule has 0 fully saturated rings. The minimum Gasteiger partial charge on any atom is -0.493 e. The standard InChI is InChI=1S/C18H19N5O2/c1-12(14-11-25-15-7-3-2-6-13(14)15)20-18(24)19-10-17-22-21-16-8-4-5-9-23(16)17/h2-9,12,14H,10-11H2,1H3,(H2,19,20,24)/t12-,14+/m1/s1. The summed E-state index contributed by atoms with van der Waals surface area (Å²) in [4.78, 5) is 12.2. The molecule has 3 aromatic rings. The van der Waals surface area contributed by atoms with Gasteiger partial charge >= 0.3 is 6.03 Å². The Morgan fingerprint density at radius 2 is 2.12 bits per heavy atom. The molecule has 2 amide bonds. The molecule has 0 radical (unpaired) electrons. The lowest BCUT2D eigenvalue weighted by Crippen LogP contribution is -2.43. The van der Waals surface area contributed by atoms with Crippen molar-refractivity contribution in [2.45, 2.75) is 25.4 Å². The summed E-state index contributed by atoms with van der Waals surface area (Å²) in [6.45, 7) is 2.87. The molecule has 4 rings (SSSR count). The first-order valence-electron chi connectivity index (χ1n) is 8.27. The number of rotatable bonds is 4. The van der Waals surface area contributed by atoms with E-state index in [1.165, 1.54) is 0 Å². The monoisotopic (exact) mass is 337 g/mol. The quantitative estimate of drug-likeness (QED) is 0.764. The number of benzene rings is 1. The van der Waals surface area contributed by atoms with Gasteiger partial charge in [-0.2, -0.15) is 0 Å². The van der Waals surface area contributed by atoms with Crippen LogP contribution in [0.25, 0.3) is 5.65 Å². The summed E-state index contributed by atoms with van der Waals surface area (Å²) in [5.74, 6) is 1.74. The number of carbonyl (C=O) groups excluding carboxylic acids is 1. The van der Waals surface area contributed by atoms with Gasteiger partial charge in [-0.15, -0.1) is 10.2 Å². The van der Waals surface area contributed by atoms with Crippen LogP contribution in [0.4, 0.5) is 4.79 Å². The van der Waals surface area contributed by atoms with E-state index in [0.29, 0.717) is 19.0 Å². The van der Waals surface area contributed by atoms with Gasteiger partial charge in [-0.25, -0.2) is 4.79 Å². The maximum atomic E-state index is 12.2. The van der Waals surface area contributed by atoms with Crippen LogP contribution in [0.2, 0.25) is 0 Å². The average Bonchev–Trinajstić information content (AvgIpc) is 3.24. The van der Waals surface area contributed by atoms with Crippen LogP contribution in [0.5, 0.6) is 5.75 Å². The first-order chi connectivity index (χ1) is 12.2. The van der Waals surface area contributed by atoms with Gasteiger partial charge in [0.15, 0.2) is 11.5 Å². The van der Waals surface area contributed by atoms with Gasteiger partial charge < -0.3 is 15.4 Å². The number of fused-ring (bicyclic) bond motifs is 2. The highest BCUT2D eigenvalue weighted by Crippen LogP contribution is 2.35. The Balaban J connectivity index is 1.36. The van der Waals surface area contributed by atoms with Gasteiger partial charge in [0, 0.05) is 23.7 Å². The molecule has 0 saturated carbocycles. The molecule has 2 aromatic heterocycles. The second-order valence-electron chi connectivity index (χ2n) is 6.12. The van der Waals surface area contributed by atoms with Crippen molar-refractivity contribution in [3.05, 3.63) is 60.0 Å². The average molecular weight is 337 g/mol. The molecular weight excluding hydrogens is 318 g/mol. The van der Waals surface area contributed by atoms with Crippen molar-refractivity contribution in [1.82, 2.24) is 25.2 Å². The summed E-state index contributed by atoms with van der Waals surface area (Å²) in [6, 6.07) is 13.3. The van der Waals surface area contributed by atoms with Crippen molar-refractivity contribution in [3.63, 3.8) is 0 Å². The van der Waals surface area contributed by atoms with Gasteiger partial charge in [0.2, 0.25) is 0 Å². The fourth-order valence-corrected chi connectivity index (χ4v) is 3.13. The molecule has 0 aliphatic carbocycles. The molecule has 128 valence electrons. The van der Waals surface area contributed by atoms with Crippen LogP contribution in [0.1, 0.15) is 24.2 Å². The third-order valence-corrected chi connectivity index (χ3v) is 4.49.